The molecule has 0 aliphatic heterocycles. The standard InChI is InChI=1S/C15H21N3S2/c1-15(2,3)8-12-17-18-14(20-12)13-16-11(9-19-13)7-10-5-4-6-10/h9-10H,4-8H2,1-3H3. The van der Waals surface area contributed by atoms with E-state index in [0.29, 0.717) is 0 Å². The van der Waals surface area contributed by atoms with Crippen LogP contribution in [0.5, 0.6) is 0 Å². The molecule has 0 bridgehead atoms. The number of rotatable bonds is 4. The van der Waals surface area contributed by atoms with Crippen LogP contribution >= 0.6 is 22.7 Å². The molecule has 108 valence electrons. The second-order valence-electron chi connectivity index (χ2n) is 6.88. The van der Waals surface area contributed by atoms with Gasteiger partial charge in [-0.3, -0.25) is 0 Å². The summed E-state index contributed by atoms with van der Waals surface area (Å²) >= 11 is 3.40. The lowest BCUT2D eigenvalue weighted by Crippen LogP contribution is -2.13. The Hall–Kier alpha value is -0.810. The van der Waals surface area contributed by atoms with Gasteiger partial charge in [-0.25, -0.2) is 4.98 Å². The van der Waals surface area contributed by atoms with Crippen molar-refractivity contribution in [2.24, 2.45) is 11.3 Å². The van der Waals surface area contributed by atoms with Crippen molar-refractivity contribution in [2.75, 3.05) is 0 Å². The highest BCUT2D eigenvalue weighted by Gasteiger charge is 2.20. The quantitative estimate of drug-likeness (QED) is 0.829. The van der Waals surface area contributed by atoms with Gasteiger partial charge in [0.2, 0.25) is 0 Å². The molecule has 1 aliphatic carbocycles. The predicted octanol–water partition coefficient (Wildman–Crippen LogP) is 4.59. The predicted molar refractivity (Wildman–Crippen MR) is 85.2 cm³/mol. The molecule has 2 aromatic rings. The van der Waals surface area contributed by atoms with Crippen molar-refractivity contribution in [2.45, 2.75) is 52.9 Å². The summed E-state index contributed by atoms with van der Waals surface area (Å²) in [6.07, 6.45) is 6.27. The Morgan fingerprint density at radius 3 is 2.65 bits per heavy atom. The molecule has 3 rings (SSSR count). The zero-order valence-electron chi connectivity index (χ0n) is 12.3. The summed E-state index contributed by atoms with van der Waals surface area (Å²) in [5.74, 6) is 0.871. The van der Waals surface area contributed by atoms with Gasteiger partial charge in [0.25, 0.3) is 0 Å². The number of thiazole rings is 1. The first-order chi connectivity index (χ1) is 9.49. The van der Waals surface area contributed by atoms with Gasteiger partial charge in [-0.1, -0.05) is 51.4 Å². The third-order valence-electron chi connectivity index (χ3n) is 3.61. The Morgan fingerprint density at radius 2 is 2.00 bits per heavy atom. The molecule has 0 spiro atoms. The highest BCUT2D eigenvalue weighted by atomic mass is 32.1. The molecule has 1 fully saturated rings. The first-order valence-corrected chi connectivity index (χ1v) is 8.96. The van der Waals surface area contributed by atoms with Crippen LogP contribution in [-0.2, 0) is 12.8 Å². The van der Waals surface area contributed by atoms with Gasteiger partial charge in [-0.05, 0) is 17.8 Å². The molecule has 2 heterocycles. The fourth-order valence-electron chi connectivity index (χ4n) is 2.36. The average molecular weight is 307 g/mol. The van der Waals surface area contributed by atoms with Gasteiger partial charge in [0.1, 0.15) is 5.01 Å². The third-order valence-corrected chi connectivity index (χ3v) is 5.56. The lowest BCUT2D eigenvalue weighted by Gasteiger charge is -2.24. The van der Waals surface area contributed by atoms with E-state index in [1.165, 1.54) is 25.0 Å². The number of hydrogen-bond acceptors (Lipinski definition) is 5. The van der Waals surface area contributed by atoms with Gasteiger partial charge >= 0.3 is 0 Å². The Balaban J connectivity index is 1.69. The van der Waals surface area contributed by atoms with E-state index in [0.717, 1.165) is 33.8 Å². The molecule has 0 radical (unpaired) electrons. The number of aromatic nitrogens is 3. The monoisotopic (exact) mass is 307 g/mol. The van der Waals surface area contributed by atoms with Crippen LogP contribution in [0.25, 0.3) is 10.0 Å². The van der Waals surface area contributed by atoms with Gasteiger partial charge in [-0.15, -0.1) is 21.5 Å². The molecular formula is C15H21N3S2. The van der Waals surface area contributed by atoms with Crippen molar-refractivity contribution < 1.29 is 0 Å². The molecule has 1 aliphatic rings. The van der Waals surface area contributed by atoms with Gasteiger partial charge in [0.15, 0.2) is 10.0 Å². The van der Waals surface area contributed by atoms with Crippen molar-refractivity contribution in [3.05, 3.63) is 16.1 Å². The van der Waals surface area contributed by atoms with Crippen LogP contribution in [-0.4, -0.2) is 15.2 Å². The molecule has 2 aromatic heterocycles. The van der Waals surface area contributed by atoms with Crippen molar-refractivity contribution in [1.82, 2.24) is 15.2 Å². The molecule has 0 aromatic carbocycles. The molecule has 20 heavy (non-hydrogen) atoms. The van der Waals surface area contributed by atoms with E-state index < -0.39 is 0 Å². The second kappa shape index (κ2) is 5.53. The second-order valence-corrected chi connectivity index (χ2v) is 8.80. The van der Waals surface area contributed by atoms with E-state index in [2.05, 4.69) is 36.3 Å². The van der Waals surface area contributed by atoms with Crippen LogP contribution in [0.2, 0.25) is 0 Å². The van der Waals surface area contributed by atoms with Crippen molar-refractivity contribution >= 4 is 22.7 Å². The Labute approximate surface area is 128 Å². The van der Waals surface area contributed by atoms with E-state index in [4.69, 9.17) is 4.98 Å². The van der Waals surface area contributed by atoms with Crippen LogP contribution in [0.15, 0.2) is 5.38 Å². The van der Waals surface area contributed by atoms with E-state index in [9.17, 15) is 0 Å². The fourth-order valence-corrected chi connectivity index (χ4v) is 4.36. The minimum atomic E-state index is 0.259. The summed E-state index contributed by atoms with van der Waals surface area (Å²) in [6, 6.07) is 0. The van der Waals surface area contributed by atoms with E-state index in [-0.39, 0.29) is 5.41 Å². The maximum absolute atomic E-state index is 4.74. The fraction of sp³-hybridized carbons (Fsp3) is 0.667. The highest BCUT2D eigenvalue weighted by molar-refractivity contribution is 7.20. The van der Waals surface area contributed by atoms with Gasteiger partial charge in [0.05, 0.1) is 5.69 Å². The first-order valence-electron chi connectivity index (χ1n) is 7.27. The minimum Gasteiger partial charge on any atom is -0.238 e. The van der Waals surface area contributed by atoms with Crippen LogP contribution in [0, 0.1) is 11.3 Å². The lowest BCUT2D eigenvalue weighted by atomic mass is 9.82. The smallest absolute Gasteiger partial charge is 0.176 e. The van der Waals surface area contributed by atoms with Crippen LogP contribution < -0.4 is 0 Å². The summed E-state index contributed by atoms with van der Waals surface area (Å²) in [7, 11) is 0. The van der Waals surface area contributed by atoms with Crippen LogP contribution in [0.3, 0.4) is 0 Å². The normalized spacial score (nSPS) is 16.4. The molecule has 0 atom stereocenters. The largest absolute Gasteiger partial charge is 0.238 e. The van der Waals surface area contributed by atoms with Crippen molar-refractivity contribution in [3.63, 3.8) is 0 Å². The van der Waals surface area contributed by atoms with E-state index >= 15 is 0 Å². The van der Waals surface area contributed by atoms with Gasteiger partial charge in [-0.2, -0.15) is 0 Å². The van der Waals surface area contributed by atoms with E-state index in [1.807, 2.05) is 0 Å². The van der Waals surface area contributed by atoms with Crippen molar-refractivity contribution in [3.8, 4) is 10.0 Å². The lowest BCUT2D eigenvalue weighted by molar-refractivity contribution is 0.312. The summed E-state index contributed by atoms with van der Waals surface area (Å²) in [6.45, 7) is 6.69. The molecule has 0 unspecified atom stereocenters. The zero-order chi connectivity index (χ0) is 14.2. The highest BCUT2D eigenvalue weighted by Crippen LogP contribution is 2.33. The Morgan fingerprint density at radius 1 is 1.20 bits per heavy atom. The topological polar surface area (TPSA) is 38.7 Å². The molecule has 0 amide bonds. The van der Waals surface area contributed by atoms with Crippen LogP contribution in [0.1, 0.15) is 50.7 Å². The van der Waals surface area contributed by atoms with Crippen LogP contribution in [0.4, 0.5) is 0 Å². The third kappa shape index (κ3) is 3.44. The maximum atomic E-state index is 4.74. The molecule has 0 saturated heterocycles. The molecule has 5 heteroatoms. The Kier molecular flexibility index (Phi) is 3.91. The van der Waals surface area contributed by atoms with Crippen molar-refractivity contribution in [1.29, 1.82) is 0 Å². The Bertz CT molecular complexity index is 576. The summed E-state index contributed by atoms with van der Waals surface area (Å²) in [5, 5.41) is 14.0. The summed E-state index contributed by atoms with van der Waals surface area (Å²) < 4.78 is 0. The van der Waals surface area contributed by atoms with E-state index in [1.54, 1.807) is 22.7 Å². The summed E-state index contributed by atoms with van der Waals surface area (Å²) in [5.41, 5.74) is 1.50. The van der Waals surface area contributed by atoms with Gasteiger partial charge in [0, 0.05) is 11.8 Å². The zero-order valence-corrected chi connectivity index (χ0v) is 14.0. The molecule has 3 nitrogen and oxygen atoms in total. The number of nitrogens with zero attached hydrogens (tertiary/aromatic N) is 3. The maximum Gasteiger partial charge on any atom is 0.176 e. The summed E-state index contributed by atoms with van der Waals surface area (Å²) in [4.78, 5) is 4.74. The van der Waals surface area contributed by atoms with Gasteiger partial charge < -0.3 is 0 Å². The first kappa shape index (κ1) is 14.1. The minimum absolute atomic E-state index is 0.259. The molecular weight excluding hydrogens is 286 g/mol. The molecule has 1 saturated carbocycles. The SMILES string of the molecule is CC(C)(C)Cc1nnc(-c2nc(CC3CCC3)cs2)s1. The average Bonchev–Trinajstić information content (AvgIpc) is 2.89. The number of hydrogen-bond donors (Lipinski definition) is 0. The molecule has 0 N–H and O–H groups in total.